The number of ether oxygens (including phenoxy) is 1. The topological polar surface area (TPSA) is 53.1 Å². The fraction of sp³-hybridized carbons (Fsp3) is 1.00. The zero-order valence-corrected chi connectivity index (χ0v) is 15.0. The van der Waals surface area contributed by atoms with Gasteiger partial charge in [-0.1, -0.05) is 12.8 Å². The van der Waals surface area contributed by atoms with Crippen molar-refractivity contribution in [2.45, 2.75) is 51.0 Å². The van der Waals surface area contributed by atoms with E-state index in [1.807, 2.05) is 0 Å². The summed E-state index contributed by atoms with van der Waals surface area (Å²) in [6.07, 6.45) is 8.19. The zero-order chi connectivity index (χ0) is 16.1. The molecule has 6 nitrogen and oxygen atoms in total. The first-order valence-electron chi connectivity index (χ1n) is 9.25. The van der Waals surface area contributed by atoms with Gasteiger partial charge in [0.2, 0.25) is 0 Å². The molecule has 3 rings (SSSR count). The Morgan fingerprint density at radius 3 is 2.09 bits per heavy atom. The third-order valence-electron chi connectivity index (χ3n) is 5.34. The highest BCUT2D eigenvalue weighted by molar-refractivity contribution is 7.86. The lowest BCUT2D eigenvalue weighted by Crippen LogP contribution is -2.53. The molecule has 0 saturated carbocycles. The minimum atomic E-state index is -3.25. The Morgan fingerprint density at radius 2 is 1.48 bits per heavy atom. The molecular formula is C16H31N3O3S. The summed E-state index contributed by atoms with van der Waals surface area (Å²) in [5, 5.41) is 0. The van der Waals surface area contributed by atoms with Gasteiger partial charge in [0.1, 0.15) is 0 Å². The van der Waals surface area contributed by atoms with Crippen LogP contribution in [0.2, 0.25) is 0 Å². The van der Waals surface area contributed by atoms with Crippen molar-refractivity contribution >= 4 is 10.2 Å². The van der Waals surface area contributed by atoms with Crippen LogP contribution in [0.15, 0.2) is 0 Å². The van der Waals surface area contributed by atoms with Crippen LogP contribution < -0.4 is 0 Å². The lowest BCUT2D eigenvalue weighted by molar-refractivity contribution is 0.0855. The van der Waals surface area contributed by atoms with E-state index in [1.165, 1.54) is 12.8 Å². The van der Waals surface area contributed by atoms with E-state index in [0.717, 1.165) is 58.3 Å². The monoisotopic (exact) mass is 345 g/mol. The Bertz CT molecular complexity index is 449. The van der Waals surface area contributed by atoms with E-state index in [4.69, 9.17) is 4.74 Å². The molecule has 0 aliphatic carbocycles. The molecule has 3 aliphatic heterocycles. The van der Waals surface area contributed by atoms with Crippen molar-refractivity contribution in [2.24, 2.45) is 0 Å². The summed E-state index contributed by atoms with van der Waals surface area (Å²) >= 11 is 0. The number of nitrogens with zero attached hydrogens (tertiary/aromatic N) is 3. The maximum atomic E-state index is 12.8. The molecule has 23 heavy (non-hydrogen) atoms. The predicted octanol–water partition coefficient (Wildman–Crippen LogP) is 1.29. The second-order valence-electron chi connectivity index (χ2n) is 6.99. The molecule has 0 aromatic carbocycles. The van der Waals surface area contributed by atoms with Gasteiger partial charge >= 0.3 is 0 Å². The van der Waals surface area contributed by atoms with E-state index in [0.29, 0.717) is 32.3 Å². The van der Waals surface area contributed by atoms with E-state index >= 15 is 0 Å². The number of hydrogen-bond donors (Lipinski definition) is 0. The highest BCUT2D eigenvalue weighted by atomic mass is 32.2. The molecular weight excluding hydrogens is 314 g/mol. The van der Waals surface area contributed by atoms with Gasteiger partial charge in [-0.15, -0.1) is 0 Å². The summed E-state index contributed by atoms with van der Waals surface area (Å²) in [5.74, 6) is 0. The lowest BCUT2D eigenvalue weighted by Gasteiger charge is -2.36. The molecule has 134 valence electrons. The molecule has 3 heterocycles. The normalized spacial score (nSPS) is 29.7. The maximum absolute atomic E-state index is 12.8. The van der Waals surface area contributed by atoms with Gasteiger partial charge in [-0.25, -0.2) is 0 Å². The van der Waals surface area contributed by atoms with Crippen LogP contribution in [0, 0.1) is 0 Å². The molecule has 0 unspecified atom stereocenters. The molecule has 0 radical (unpaired) electrons. The van der Waals surface area contributed by atoms with Crippen molar-refractivity contribution in [3.05, 3.63) is 0 Å². The fourth-order valence-corrected chi connectivity index (χ4v) is 5.49. The van der Waals surface area contributed by atoms with Crippen LogP contribution in [0.4, 0.5) is 0 Å². The molecule has 3 aliphatic rings. The Kier molecular flexibility index (Phi) is 6.31. The Labute approximate surface area is 140 Å². The first-order valence-corrected chi connectivity index (χ1v) is 10.6. The quantitative estimate of drug-likeness (QED) is 0.753. The molecule has 0 N–H and O–H groups in total. The van der Waals surface area contributed by atoms with Gasteiger partial charge in [-0.05, 0) is 32.1 Å². The summed E-state index contributed by atoms with van der Waals surface area (Å²) in [6.45, 7) is 6.28. The van der Waals surface area contributed by atoms with Crippen LogP contribution in [-0.2, 0) is 14.9 Å². The molecule has 3 saturated heterocycles. The number of piperazine rings is 1. The Hall–Kier alpha value is -0.210. The summed E-state index contributed by atoms with van der Waals surface area (Å²) in [5.41, 5.74) is 0. The van der Waals surface area contributed by atoms with Gasteiger partial charge in [-0.3, -0.25) is 0 Å². The van der Waals surface area contributed by atoms with Crippen LogP contribution in [0.3, 0.4) is 0 Å². The van der Waals surface area contributed by atoms with Gasteiger partial charge in [0.15, 0.2) is 0 Å². The predicted molar refractivity (Wildman–Crippen MR) is 90.6 cm³/mol. The Balaban J connectivity index is 1.45. The molecule has 0 amide bonds. The first kappa shape index (κ1) is 17.6. The van der Waals surface area contributed by atoms with Crippen molar-refractivity contribution < 1.29 is 13.2 Å². The molecule has 3 fully saturated rings. The smallest absolute Gasteiger partial charge is 0.282 e. The van der Waals surface area contributed by atoms with E-state index < -0.39 is 10.2 Å². The molecule has 1 atom stereocenters. The van der Waals surface area contributed by atoms with Crippen LogP contribution in [0.5, 0.6) is 0 Å². The van der Waals surface area contributed by atoms with E-state index in [-0.39, 0.29) is 0 Å². The lowest BCUT2D eigenvalue weighted by atomic mass is 10.1. The molecule has 0 aromatic heterocycles. The maximum Gasteiger partial charge on any atom is 0.282 e. The minimum Gasteiger partial charge on any atom is -0.378 e. The van der Waals surface area contributed by atoms with Gasteiger partial charge in [0.05, 0.1) is 6.10 Å². The SMILES string of the molecule is O=S(=O)(N1CCCCCC1)N1CCN(CC[C@H]2CCCO2)CC1. The van der Waals surface area contributed by atoms with Gasteiger partial charge < -0.3 is 9.64 Å². The first-order chi connectivity index (χ1) is 11.2. The van der Waals surface area contributed by atoms with Gasteiger partial charge in [-0.2, -0.15) is 17.0 Å². The average molecular weight is 346 g/mol. The molecule has 0 aromatic rings. The second kappa shape index (κ2) is 8.25. The molecule has 0 bridgehead atoms. The van der Waals surface area contributed by atoms with Crippen molar-refractivity contribution in [3.8, 4) is 0 Å². The van der Waals surface area contributed by atoms with Crippen LogP contribution in [-0.4, -0.2) is 80.5 Å². The summed E-state index contributed by atoms with van der Waals surface area (Å²) in [4.78, 5) is 2.39. The highest BCUT2D eigenvalue weighted by Gasteiger charge is 2.32. The average Bonchev–Trinajstić information content (AvgIpc) is 2.92. The Morgan fingerprint density at radius 1 is 0.826 bits per heavy atom. The van der Waals surface area contributed by atoms with Crippen LogP contribution in [0.25, 0.3) is 0 Å². The van der Waals surface area contributed by atoms with Crippen molar-refractivity contribution in [1.82, 2.24) is 13.5 Å². The number of rotatable bonds is 5. The van der Waals surface area contributed by atoms with Gasteiger partial charge in [0.25, 0.3) is 10.2 Å². The van der Waals surface area contributed by atoms with Crippen LogP contribution >= 0.6 is 0 Å². The molecule has 0 spiro atoms. The second-order valence-corrected chi connectivity index (χ2v) is 8.91. The summed E-state index contributed by atoms with van der Waals surface area (Å²) in [7, 11) is -3.25. The number of hydrogen-bond acceptors (Lipinski definition) is 4. The fourth-order valence-electron chi connectivity index (χ4n) is 3.82. The summed E-state index contributed by atoms with van der Waals surface area (Å²) < 4.78 is 34.6. The third-order valence-corrected chi connectivity index (χ3v) is 7.38. The van der Waals surface area contributed by atoms with Crippen LogP contribution in [0.1, 0.15) is 44.9 Å². The molecule has 7 heteroatoms. The van der Waals surface area contributed by atoms with E-state index in [1.54, 1.807) is 8.61 Å². The largest absolute Gasteiger partial charge is 0.378 e. The van der Waals surface area contributed by atoms with E-state index in [9.17, 15) is 8.42 Å². The minimum absolute atomic E-state index is 0.425. The van der Waals surface area contributed by atoms with Gasteiger partial charge in [0, 0.05) is 52.4 Å². The van der Waals surface area contributed by atoms with Crippen molar-refractivity contribution in [2.75, 3.05) is 52.4 Å². The van der Waals surface area contributed by atoms with Crippen molar-refractivity contribution in [1.29, 1.82) is 0 Å². The highest BCUT2D eigenvalue weighted by Crippen LogP contribution is 2.19. The van der Waals surface area contributed by atoms with Crippen molar-refractivity contribution in [3.63, 3.8) is 0 Å². The third kappa shape index (κ3) is 4.66. The zero-order valence-electron chi connectivity index (χ0n) is 14.2. The van der Waals surface area contributed by atoms with E-state index in [2.05, 4.69) is 4.90 Å². The standard InChI is InChI=1S/C16H31N3O3S/c20-23(21,18-8-3-1-2-4-9-18)19-13-11-17(12-14-19)10-7-16-6-5-15-22-16/h16H,1-15H2/t16-/m1/s1. The summed E-state index contributed by atoms with van der Waals surface area (Å²) in [6, 6.07) is 0.